The number of aromatic nitrogens is 4. The van der Waals surface area contributed by atoms with Gasteiger partial charge in [-0.25, -0.2) is 9.37 Å². The lowest BCUT2D eigenvalue weighted by atomic mass is 10.1. The zero-order chi connectivity index (χ0) is 26.5. The standard InChI is InChI=1S/C25H29FN8O3/c1-14(27)11-29-21-6-5-18(23-19(21)12-30-25(32-23)37-8-4-7-28-15(2)35)24(36)31-17-9-16-13-34(3)33-22(16)20(26)10-17/h5-6,9-10,12-14,29H,4,7-8,11,27H2,1-3H3,(H,28,35)(H,31,36)/t14-/m0/s1. The molecule has 37 heavy (non-hydrogen) atoms. The summed E-state index contributed by atoms with van der Waals surface area (Å²) in [6.45, 7) is 4.56. The number of rotatable bonds is 10. The Morgan fingerprint density at radius 3 is 2.81 bits per heavy atom. The number of benzene rings is 2. The molecule has 2 aromatic heterocycles. The van der Waals surface area contributed by atoms with Crippen LogP contribution in [0.3, 0.4) is 0 Å². The molecule has 194 valence electrons. The molecule has 1 atom stereocenters. The second-order valence-corrected chi connectivity index (χ2v) is 8.77. The first kappa shape index (κ1) is 25.8. The van der Waals surface area contributed by atoms with Crippen molar-refractivity contribution in [3.8, 4) is 6.01 Å². The minimum atomic E-state index is -0.536. The summed E-state index contributed by atoms with van der Waals surface area (Å²) in [7, 11) is 1.70. The summed E-state index contributed by atoms with van der Waals surface area (Å²) in [6, 6.07) is 6.27. The summed E-state index contributed by atoms with van der Waals surface area (Å²) in [4.78, 5) is 33.1. The molecule has 11 nitrogen and oxygen atoms in total. The van der Waals surface area contributed by atoms with Crippen molar-refractivity contribution in [2.45, 2.75) is 26.3 Å². The van der Waals surface area contributed by atoms with Crippen LogP contribution in [0.15, 0.2) is 36.7 Å². The average molecular weight is 509 g/mol. The molecule has 12 heteroatoms. The molecule has 0 aliphatic heterocycles. The van der Waals surface area contributed by atoms with Gasteiger partial charge in [0, 0.05) is 67.6 Å². The maximum Gasteiger partial charge on any atom is 0.316 e. The van der Waals surface area contributed by atoms with E-state index in [9.17, 15) is 14.0 Å². The minimum absolute atomic E-state index is 0.0940. The summed E-state index contributed by atoms with van der Waals surface area (Å²) < 4.78 is 21.7. The number of nitrogens with two attached hydrogens (primary N) is 1. The third kappa shape index (κ3) is 6.28. The smallest absolute Gasteiger partial charge is 0.316 e. The van der Waals surface area contributed by atoms with Crippen LogP contribution in [0.25, 0.3) is 21.8 Å². The molecule has 0 saturated heterocycles. The fraction of sp³-hybridized carbons (Fsp3) is 0.320. The van der Waals surface area contributed by atoms with Gasteiger partial charge < -0.3 is 26.4 Å². The summed E-state index contributed by atoms with van der Waals surface area (Å²) in [5.41, 5.74) is 7.74. The van der Waals surface area contributed by atoms with Crippen LogP contribution in [-0.2, 0) is 11.8 Å². The number of anilines is 2. The number of hydrogen-bond donors (Lipinski definition) is 4. The number of carbonyl (C=O) groups excluding carboxylic acids is 2. The van der Waals surface area contributed by atoms with Gasteiger partial charge in [-0.2, -0.15) is 10.1 Å². The Bertz CT molecular complexity index is 1450. The molecular formula is C25H29FN8O3. The van der Waals surface area contributed by atoms with E-state index in [1.807, 2.05) is 6.92 Å². The zero-order valence-electron chi connectivity index (χ0n) is 20.8. The van der Waals surface area contributed by atoms with E-state index >= 15 is 0 Å². The maximum atomic E-state index is 14.5. The predicted molar refractivity (Wildman–Crippen MR) is 139 cm³/mol. The van der Waals surface area contributed by atoms with E-state index in [2.05, 4.69) is 31.0 Å². The number of ether oxygens (including phenoxy) is 1. The molecule has 5 N–H and O–H groups in total. The Hall–Kier alpha value is -4.32. The van der Waals surface area contributed by atoms with Gasteiger partial charge in [-0.05, 0) is 37.6 Å². The highest BCUT2D eigenvalue weighted by atomic mass is 19.1. The molecule has 2 amide bonds. The highest BCUT2D eigenvalue weighted by Crippen LogP contribution is 2.28. The molecule has 0 fully saturated rings. The molecule has 4 rings (SSSR count). The number of carbonyl (C=O) groups is 2. The van der Waals surface area contributed by atoms with E-state index in [1.165, 1.54) is 17.7 Å². The van der Waals surface area contributed by atoms with Crippen molar-refractivity contribution in [2.24, 2.45) is 12.8 Å². The van der Waals surface area contributed by atoms with Crippen LogP contribution in [0, 0.1) is 5.82 Å². The maximum absolute atomic E-state index is 14.5. The Morgan fingerprint density at radius 1 is 1.24 bits per heavy atom. The van der Waals surface area contributed by atoms with Crippen LogP contribution in [0.2, 0.25) is 0 Å². The Morgan fingerprint density at radius 2 is 2.05 bits per heavy atom. The van der Waals surface area contributed by atoms with Crippen LogP contribution in [0.4, 0.5) is 15.8 Å². The minimum Gasteiger partial charge on any atom is -0.463 e. The molecule has 0 aliphatic rings. The zero-order valence-corrected chi connectivity index (χ0v) is 20.8. The number of aryl methyl sites for hydroxylation is 1. The van der Waals surface area contributed by atoms with Crippen molar-refractivity contribution in [3.63, 3.8) is 0 Å². The first-order valence-corrected chi connectivity index (χ1v) is 11.8. The highest BCUT2D eigenvalue weighted by Gasteiger charge is 2.17. The van der Waals surface area contributed by atoms with Gasteiger partial charge in [-0.15, -0.1) is 0 Å². The second-order valence-electron chi connectivity index (χ2n) is 8.77. The van der Waals surface area contributed by atoms with E-state index in [1.54, 1.807) is 37.6 Å². The lowest BCUT2D eigenvalue weighted by Crippen LogP contribution is -2.25. The number of nitrogens with one attached hydrogen (secondary N) is 3. The topological polar surface area (TPSA) is 149 Å². The SMILES string of the molecule is CC(=O)NCCCOc1ncc2c(NC[C@H](C)N)ccc(C(=O)Nc3cc(F)c4nn(C)cc4c3)c2n1. The second kappa shape index (κ2) is 11.2. The normalized spacial score (nSPS) is 11.9. The third-order valence-corrected chi connectivity index (χ3v) is 5.45. The Labute approximate surface area is 212 Å². The lowest BCUT2D eigenvalue weighted by Gasteiger charge is -2.15. The fourth-order valence-corrected chi connectivity index (χ4v) is 3.76. The van der Waals surface area contributed by atoms with Gasteiger partial charge in [-0.1, -0.05) is 0 Å². The van der Waals surface area contributed by atoms with Gasteiger partial charge >= 0.3 is 6.01 Å². The average Bonchev–Trinajstić information content (AvgIpc) is 3.22. The molecule has 0 radical (unpaired) electrons. The van der Waals surface area contributed by atoms with Gasteiger partial charge in [-0.3, -0.25) is 14.3 Å². The molecule has 0 bridgehead atoms. The third-order valence-electron chi connectivity index (χ3n) is 5.45. The van der Waals surface area contributed by atoms with E-state index < -0.39 is 11.7 Å². The van der Waals surface area contributed by atoms with E-state index in [0.717, 1.165) is 0 Å². The first-order chi connectivity index (χ1) is 17.7. The van der Waals surface area contributed by atoms with Gasteiger partial charge in [0.2, 0.25) is 5.91 Å². The van der Waals surface area contributed by atoms with Crippen LogP contribution in [-0.4, -0.2) is 57.3 Å². The van der Waals surface area contributed by atoms with Crippen LogP contribution < -0.4 is 26.4 Å². The number of fused-ring (bicyclic) bond motifs is 2. The number of halogens is 1. The number of hydrogen-bond acceptors (Lipinski definition) is 8. The number of amides is 2. The lowest BCUT2D eigenvalue weighted by molar-refractivity contribution is -0.118. The molecule has 0 aliphatic carbocycles. The quantitative estimate of drug-likeness (QED) is 0.239. The summed E-state index contributed by atoms with van der Waals surface area (Å²) in [6.07, 6.45) is 3.81. The summed E-state index contributed by atoms with van der Waals surface area (Å²) >= 11 is 0. The van der Waals surface area contributed by atoms with Crippen molar-refractivity contribution in [1.29, 1.82) is 0 Å². The largest absolute Gasteiger partial charge is 0.463 e. The molecule has 0 spiro atoms. The summed E-state index contributed by atoms with van der Waals surface area (Å²) in [5.74, 6) is -1.13. The molecule has 0 saturated carbocycles. The van der Waals surface area contributed by atoms with E-state index in [4.69, 9.17) is 10.5 Å². The molecule has 2 aromatic carbocycles. The van der Waals surface area contributed by atoms with Crippen molar-refractivity contribution < 1.29 is 18.7 Å². The van der Waals surface area contributed by atoms with E-state index in [-0.39, 0.29) is 35.6 Å². The van der Waals surface area contributed by atoms with Crippen molar-refractivity contribution >= 4 is 45.0 Å². The van der Waals surface area contributed by atoms with Crippen molar-refractivity contribution in [1.82, 2.24) is 25.1 Å². The Balaban J connectivity index is 1.62. The molecule has 4 aromatic rings. The predicted octanol–water partition coefficient (Wildman–Crippen LogP) is 2.57. The first-order valence-electron chi connectivity index (χ1n) is 11.8. The van der Waals surface area contributed by atoms with Crippen LogP contribution >= 0.6 is 0 Å². The fourth-order valence-electron chi connectivity index (χ4n) is 3.76. The van der Waals surface area contributed by atoms with Gasteiger partial charge in [0.25, 0.3) is 5.91 Å². The molecule has 0 unspecified atom stereocenters. The van der Waals surface area contributed by atoms with Crippen LogP contribution in [0.5, 0.6) is 6.01 Å². The number of nitrogens with zero attached hydrogens (tertiary/aromatic N) is 4. The van der Waals surface area contributed by atoms with E-state index in [0.29, 0.717) is 47.2 Å². The Kier molecular flexibility index (Phi) is 7.77. The van der Waals surface area contributed by atoms with Crippen molar-refractivity contribution in [2.75, 3.05) is 30.3 Å². The van der Waals surface area contributed by atoms with Gasteiger partial charge in [0.1, 0.15) is 5.52 Å². The molecular weight excluding hydrogens is 479 g/mol. The van der Waals surface area contributed by atoms with Crippen LogP contribution in [0.1, 0.15) is 30.6 Å². The van der Waals surface area contributed by atoms with Gasteiger partial charge in [0.05, 0.1) is 17.7 Å². The molecule has 2 heterocycles. The highest BCUT2D eigenvalue weighted by molar-refractivity contribution is 6.14. The van der Waals surface area contributed by atoms with Crippen molar-refractivity contribution in [3.05, 3.63) is 48.0 Å². The van der Waals surface area contributed by atoms with Gasteiger partial charge in [0.15, 0.2) is 5.82 Å². The summed E-state index contributed by atoms with van der Waals surface area (Å²) in [5, 5.41) is 14.0. The monoisotopic (exact) mass is 508 g/mol.